The van der Waals surface area contributed by atoms with Crippen molar-refractivity contribution in [3.8, 4) is 5.75 Å². The predicted molar refractivity (Wildman–Crippen MR) is 109 cm³/mol. The molecule has 0 saturated carbocycles. The molecule has 0 bridgehead atoms. The average Bonchev–Trinajstić information content (AvgIpc) is 2.67. The van der Waals surface area contributed by atoms with E-state index < -0.39 is 5.97 Å². The Kier molecular flexibility index (Phi) is 6.34. The number of halogens is 1. The number of carboxylic acids is 1. The molecule has 1 aliphatic rings. The van der Waals surface area contributed by atoms with Crippen LogP contribution in [0.3, 0.4) is 0 Å². The van der Waals surface area contributed by atoms with Crippen molar-refractivity contribution >= 4 is 17.2 Å². The molecule has 148 valence electrons. The number of piperidine rings is 1. The zero-order chi connectivity index (χ0) is 20.1. The summed E-state index contributed by atoms with van der Waals surface area (Å²) in [6, 6.07) is 12.2. The average molecular weight is 383 g/mol. The summed E-state index contributed by atoms with van der Waals surface area (Å²) >= 11 is 0. The Morgan fingerprint density at radius 1 is 1.11 bits per heavy atom. The molecule has 1 saturated heterocycles. The third-order valence-electron chi connectivity index (χ3n) is 5.01. The van der Waals surface area contributed by atoms with Gasteiger partial charge in [0, 0.05) is 19.2 Å². The Hall–Kier alpha value is -2.82. The second-order valence-corrected chi connectivity index (χ2v) is 7.29. The number of hydrogen-bond donors (Lipinski definition) is 1. The van der Waals surface area contributed by atoms with Crippen LogP contribution in [0.1, 0.15) is 44.2 Å². The van der Waals surface area contributed by atoms with Crippen molar-refractivity contribution in [3.63, 3.8) is 0 Å². The lowest BCUT2D eigenvalue weighted by Crippen LogP contribution is -2.30. The van der Waals surface area contributed by atoms with E-state index in [-0.39, 0.29) is 18.0 Å². The minimum Gasteiger partial charge on any atom is -0.489 e. The summed E-state index contributed by atoms with van der Waals surface area (Å²) in [6.07, 6.45) is 3.37. The highest BCUT2D eigenvalue weighted by atomic mass is 19.1. The van der Waals surface area contributed by atoms with Crippen LogP contribution in [-0.4, -0.2) is 24.2 Å². The Labute approximate surface area is 165 Å². The van der Waals surface area contributed by atoms with Crippen LogP contribution in [0.2, 0.25) is 0 Å². The first-order chi connectivity index (χ1) is 13.5. The number of ether oxygens (including phenoxy) is 1. The van der Waals surface area contributed by atoms with E-state index in [1.165, 1.54) is 12.5 Å². The maximum atomic E-state index is 14.6. The SMILES string of the molecule is CC(C)=C(C(=O)O)c1ccccc1COc1ccc(N2CCCCC2)c(F)c1. The van der Waals surface area contributed by atoms with Gasteiger partial charge < -0.3 is 14.7 Å². The monoisotopic (exact) mass is 383 g/mol. The van der Waals surface area contributed by atoms with Crippen molar-refractivity contribution in [2.24, 2.45) is 0 Å². The molecule has 3 rings (SSSR count). The molecule has 2 aromatic carbocycles. The molecule has 5 heteroatoms. The topological polar surface area (TPSA) is 49.8 Å². The van der Waals surface area contributed by atoms with E-state index in [4.69, 9.17) is 4.74 Å². The van der Waals surface area contributed by atoms with E-state index in [1.54, 1.807) is 38.1 Å². The van der Waals surface area contributed by atoms with Crippen molar-refractivity contribution in [1.29, 1.82) is 0 Å². The van der Waals surface area contributed by atoms with Crippen molar-refractivity contribution in [3.05, 3.63) is 65.0 Å². The summed E-state index contributed by atoms with van der Waals surface area (Å²) in [5.74, 6) is -0.824. The zero-order valence-corrected chi connectivity index (χ0v) is 16.4. The molecule has 1 N–H and O–H groups in total. The van der Waals surface area contributed by atoms with Gasteiger partial charge in [-0.25, -0.2) is 9.18 Å². The Balaban J connectivity index is 1.77. The number of carboxylic acid groups (broad SMARTS) is 1. The highest BCUT2D eigenvalue weighted by Gasteiger charge is 2.17. The first-order valence-electron chi connectivity index (χ1n) is 9.63. The minimum atomic E-state index is -0.968. The van der Waals surface area contributed by atoms with E-state index in [2.05, 4.69) is 4.90 Å². The Morgan fingerprint density at radius 2 is 1.82 bits per heavy atom. The van der Waals surface area contributed by atoms with Crippen LogP contribution in [0.15, 0.2) is 48.0 Å². The molecule has 0 atom stereocenters. The van der Waals surface area contributed by atoms with Gasteiger partial charge >= 0.3 is 5.97 Å². The summed E-state index contributed by atoms with van der Waals surface area (Å²) in [4.78, 5) is 13.7. The minimum absolute atomic E-state index is 0.169. The second kappa shape index (κ2) is 8.91. The Morgan fingerprint density at radius 3 is 2.46 bits per heavy atom. The van der Waals surface area contributed by atoms with E-state index in [9.17, 15) is 14.3 Å². The molecule has 0 spiro atoms. The molecule has 4 nitrogen and oxygen atoms in total. The van der Waals surface area contributed by atoms with Crippen LogP contribution >= 0.6 is 0 Å². The van der Waals surface area contributed by atoms with Crippen LogP contribution < -0.4 is 9.64 Å². The number of aliphatic carboxylic acids is 1. The highest BCUT2D eigenvalue weighted by Crippen LogP contribution is 2.28. The number of allylic oxidation sites excluding steroid dienone is 1. The number of nitrogens with zero attached hydrogens (tertiary/aromatic N) is 1. The number of anilines is 1. The van der Waals surface area contributed by atoms with Gasteiger partial charge in [0.15, 0.2) is 0 Å². The first kappa shape index (κ1) is 19.9. The van der Waals surface area contributed by atoms with Gasteiger partial charge in [0.1, 0.15) is 18.2 Å². The van der Waals surface area contributed by atoms with Gasteiger partial charge in [0.25, 0.3) is 0 Å². The van der Waals surface area contributed by atoms with Crippen molar-refractivity contribution in [2.75, 3.05) is 18.0 Å². The van der Waals surface area contributed by atoms with Crippen molar-refractivity contribution < 1.29 is 19.0 Å². The lowest BCUT2D eigenvalue weighted by atomic mass is 9.97. The lowest BCUT2D eigenvalue weighted by molar-refractivity contribution is -0.130. The van der Waals surface area contributed by atoms with Gasteiger partial charge in [-0.2, -0.15) is 0 Å². The summed E-state index contributed by atoms with van der Waals surface area (Å²) in [5, 5.41) is 9.54. The van der Waals surface area contributed by atoms with E-state index in [1.807, 2.05) is 12.1 Å². The van der Waals surface area contributed by atoms with Gasteiger partial charge in [-0.1, -0.05) is 29.8 Å². The predicted octanol–water partition coefficient (Wildman–Crippen LogP) is 5.27. The van der Waals surface area contributed by atoms with Crippen LogP contribution in [-0.2, 0) is 11.4 Å². The molecule has 1 aliphatic heterocycles. The van der Waals surface area contributed by atoms with Gasteiger partial charge in [0.05, 0.1) is 11.3 Å². The number of carbonyl (C=O) groups is 1. The Bertz CT molecular complexity index is 881. The molecule has 0 unspecified atom stereocenters. The third kappa shape index (κ3) is 4.53. The lowest BCUT2D eigenvalue weighted by Gasteiger charge is -2.29. The molecule has 0 radical (unpaired) electrons. The van der Waals surface area contributed by atoms with E-state index in [0.717, 1.165) is 37.1 Å². The maximum Gasteiger partial charge on any atom is 0.336 e. The van der Waals surface area contributed by atoms with E-state index >= 15 is 0 Å². The summed E-state index contributed by atoms with van der Waals surface area (Å²) in [6.45, 7) is 5.48. The molecule has 0 aromatic heterocycles. The standard InChI is InChI=1S/C23H26FNO3/c1-16(2)22(23(26)27)19-9-5-4-8-17(19)15-28-18-10-11-21(20(24)14-18)25-12-6-3-7-13-25/h4-5,8-11,14H,3,6-7,12-13,15H2,1-2H3,(H,26,27). The maximum absolute atomic E-state index is 14.6. The van der Waals surface area contributed by atoms with Gasteiger partial charge in [0.2, 0.25) is 0 Å². The fourth-order valence-electron chi connectivity index (χ4n) is 3.62. The van der Waals surface area contributed by atoms with E-state index in [0.29, 0.717) is 17.0 Å². The van der Waals surface area contributed by atoms with Crippen LogP contribution in [0.4, 0.5) is 10.1 Å². The molecule has 0 amide bonds. The van der Waals surface area contributed by atoms with Gasteiger partial charge in [-0.05, 0) is 56.4 Å². The molecule has 2 aromatic rings. The van der Waals surface area contributed by atoms with Crippen LogP contribution in [0.5, 0.6) is 5.75 Å². The normalized spacial score (nSPS) is 13.9. The highest BCUT2D eigenvalue weighted by molar-refractivity contribution is 6.16. The number of rotatable bonds is 6. The largest absolute Gasteiger partial charge is 0.489 e. The van der Waals surface area contributed by atoms with Crippen LogP contribution in [0, 0.1) is 5.82 Å². The van der Waals surface area contributed by atoms with Crippen LogP contribution in [0.25, 0.3) is 5.57 Å². The quantitative estimate of drug-likeness (QED) is 0.690. The van der Waals surface area contributed by atoms with Gasteiger partial charge in [-0.3, -0.25) is 0 Å². The fourth-order valence-corrected chi connectivity index (χ4v) is 3.62. The summed E-state index contributed by atoms with van der Waals surface area (Å²) in [7, 11) is 0. The molecule has 28 heavy (non-hydrogen) atoms. The van der Waals surface area contributed by atoms with Crippen molar-refractivity contribution in [2.45, 2.75) is 39.7 Å². The molecule has 1 fully saturated rings. The number of benzene rings is 2. The third-order valence-corrected chi connectivity index (χ3v) is 5.01. The van der Waals surface area contributed by atoms with Gasteiger partial charge in [-0.15, -0.1) is 0 Å². The number of hydrogen-bond acceptors (Lipinski definition) is 3. The molecular weight excluding hydrogens is 357 g/mol. The fraction of sp³-hybridized carbons (Fsp3) is 0.348. The summed E-state index contributed by atoms with van der Waals surface area (Å²) in [5.41, 5.74) is 2.98. The second-order valence-electron chi connectivity index (χ2n) is 7.29. The molecular formula is C23H26FNO3. The van der Waals surface area contributed by atoms with Crippen molar-refractivity contribution in [1.82, 2.24) is 0 Å². The molecule has 1 heterocycles. The smallest absolute Gasteiger partial charge is 0.336 e. The first-order valence-corrected chi connectivity index (χ1v) is 9.63. The summed E-state index contributed by atoms with van der Waals surface area (Å²) < 4.78 is 20.4. The molecule has 0 aliphatic carbocycles. The zero-order valence-electron chi connectivity index (χ0n) is 16.4.